The number of nitrogens with one attached hydrogen (secondary N) is 2. The van der Waals surface area contributed by atoms with Crippen LogP contribution in [0.2, 0.25) is 0 Å². The highest BCUT2D eigenvalue weighted by atomic mass is 16.4. The first-order valence-corrected chi connectivity index (χ1v) is 7.39. The van der Waals surface area contributed by atoms with Gasteiger partial charge in [0, 0.05) is 6.54 Å². The lowest BCUT2D eigenvalue weighted by Gasteiger charge is -2.22. The number of hydrogen-bond acceptors (Lipinski definition) is 7. The lowest BCUT2D eigenvalue weighted by molar-refractivity contribution is -0.148. The molecular weight excluding hydrogens is 324 g/mol. The van der Waals surface area contributed by atoms with Crippen molar-refractivity contribution in [3.63, 3.8) is 0 Å². The molecule has 0 radical (unpaired) electrons. The van der Waals surface area contributed by atoms with Gasteiger partial charge in [-0.3, -0.25) is 14.4 Å². The van der Waals surface area contributed by atoms with Gasteiger partial charge in [-0.05, 0) is 12.8 Å². The van der Waals surface area contributed by atoms with Crippen molar-refractivity contribution in [1.29, 1.82) is 0 Å². The van der Waals surface area contributed by atoms with Crippen LogP contribution >= 0.6 is 0 Å². The molecule has 11 nitrogen and oxygen atoms in total. The first kappa shape index (κ1) is 19.8. The van der Waals surface area contributed by atoms with Crippen LogP contribution in [-0.2, 0) is 19.2 Å². The summed E-state index contributed by atoms with van der Waals surface area (Å²) in [5, 5.41) is 31.3. The highest BCUT2D eigenvalue weighted by molar-refractivity contribution is 5.92. The zero-order valence-corrected chi connectivity index (χ0v) is 13.0. The molecule has 136 valence electrons. The number of nitrogens with zero attached hydrogens (tertiary/aromatic N) is 1. The van der Waals surface area contributed by atoms with Crippen LogP contribution in [0, 0.1) is 0 Å². The van der Waals surface area contributed by atoms with Gasteiger partial charge in [-0.15, -0.1) is 0 Å². The molecule has 0 spiro atoms. The molecule has 1 aliphatic rings. The topological polar surface area (TPSA) is 182 Å². The van der Waals surface area contributed by atoms with Crippen molar-refractivity contribution in [2.75, 3.05) is 26.3 Å². The summed E-state index contributed by atoms with van der Waals surface area (Å²) in [6.45, 7) is -1.53. The van der Waals surface area contributed by atoms with Crippen molar-refractivity contribution in [3.8, 4) is 0 Å². The number of carboxylic acid groups (broad SMARTS) is 1. The Morgan fingerprint density at radius 1 is 1.17 bits per heavy atom. The smallest absolute Gasteiger partial charge is 0.326 e. The van der Waals surface area contributed by atoms with E-state index in [1.807, 2.05) is 0 Å². The minimum Gasteiger partial charge on any atom is -0.480 e. The standard InChI is InChI=1S/C13H22N4O7/c14-7(5-18)11(21)16-8(6-19)12(22)15-4-10(20)17-3-1-2-9(17)13(23)24/h7-9,18-19H,1-6,14H2,(H,15,22)(H,16,21)(H,23,24). The van der Waals surface area contributed by atoms with E-state index in [0.29, 0.717) is 12.8 Å². The largest absolute Gasteiger partial charge is 0.480 e. The number of carbonyl (C=O) groups is 4. The lowest BCUT2D eigenvalue weighted by Crippen LogP contribution is -2.55. The lowest BCUT2D eigenvalue weighted by atomic mass is 10.2. The maximum Gasteiger partial charge on any atom is 0.326 e. The molecule has 0 bridgehead atoms. The van der Waals surface area contributed by atoms with Gasteiger partial charge in [-0.2, -0.15) is 0 Å². The molecule has 0 saturated carbocycles. The first-order valence-electron chi connectivity index (χ1n) is 7.39. The van der Waals surface area contributed by atoms with E-state index in [4.69, 9.17) is 21.1 Å². The Balaban J connectivity index is 2.52. The normalized spacial score (nSPS) is 19.5. The van der Waals surface area contributed by atoms with E-state index in [2.05, 4.69) is 10.6 Å². The molecule has 1 saturated heterocycles. The van der Waals surface area contributed by atoms with Crippen molar-refractivity contribution in [2.24, 2.45) is 5.73 Å². The molecule has 1 rings (SSSR count). The third-order valence-electron chi connectivity index (χ3n) is 3.62. The molecule has 0 aliphatic carbocycles. The minimum atomic E-state index is -1.34. The number of hydrogen-bond donors (Lipinski definition) is 6. The van der Waals surface area contributed by atoms with E-state index in [-0.39, 0.29) is 6.54 Å². The summed E-state index contributed by atoms with van der Waals surface area (Å²) in [4.78, 5) is 47.6. The van der Waals surface area contributed by atoms with Gasteiger partial charge in [-0.1, -0.05) is 0 Å². The number of nitrogens with two attached hydrogens (primary N) is 1. The Hall–Kier alpha value is -2.24. The van der Waals surface area contributed by atoms with Crippen LogP contribution in [0.25, 0.3) is 0 Å². The second-order valence-electron chi connectivity index (χ2n) is 5.33. The van der Waals surface area contributed by atoms with Gasteiger partial charge in [0.1, 0.15) is 18.1 Å². The summed E-state index contributed by atoms with van der Waals surface area (Å²) in [6, 6.07) is -3.49. The Labute approximate surface area is 137 Å². The Morgan fingerprint density at radius 3 is 2.38 bits per heavy atom. The minimum absolute atomic E-state index is 0.289. The molecule has 0 aromatic heterocycles. The molecule has 0 aromatic rings. The van der Waals surface area contributed by atoms with Crippen molar-refractivity contribution >= 4 is 23.7 Å². The summed E-state index contributed by atoms with van der Waals surface area (Å²) in [7, 11) is 0. The molecular formula is C13H22N4O7. The maximum absolute atomic E-state index is 12.0. The monoisotopic (exact) mass is 346 g/mol. The van der Waals surface area contributed by atoms with E-state index in [1.165, 1.54) is 0 Å². The van der Waals surface area contributed by atoms with Gasteiger partial charge in [0.15, 0.2) is 0 Å². The van der Waals surface area contributed by atoms with Crippen LogP contribution in [-0.4, -0.2) is 88.3 Å². The number of likely N-dealkylation sites (tertiary alicyclic amines) is 1. The number of rotatable bonds is 8. The molecule has 0 aromatic carbocycles. The van der Waals surface area contributed by atoms with Crippen molar-refractivity contribution < 1.29 is 34.5 Å². The number of amides is 3. The van der Waals surface area contributed by atoms with E-state index in [9.17, 15) is 19.2 Å². The van der Waals surface area contributed by atoms with Gasteiger partial charge >= 0.3 is 5.97 Å². The predicted octanol–water partition coefficient (Wildman–Crippen LogP) is -4.03. The third kappa shape index (κ3) is 5.15. The van der Waals surface area contributed by atoms with Crippen molar-refractivity contribution in [3.05, 3.63) is 0 Å². The summed E-state index contributed by atoms with van der Waals surface area (Å²) in [6.07, 6.45) is 0.911. The van der Waals surface area contributed by atoms with E-state index in [1.54, 1.807) is 0 Å². The second-order valence-corrected chi connectivity index (χ2v) is 5.33. The highest BCUT2D eigenvalue weighted by Crippen LogP contribution is 2.17. The van der Waals surface area contributed by atoms with Crippen molar-refractivity contribution in [1.82, 2.24) is 15.5 Å². The summed E-state index contributed by atoms with van der Waals surface area (Å²) < 4.78 is 0. The summed E-state index contributed by atoms with van der Waals surface area (Å²) in [5.41, 5.74) is 5.28. The molecule has 7 N–H and O–H groups in total. The third-order valence-corrected chi connectivity index (χ3v) is 3.62. The molecule has 1 fully saturated rings. The maximum atomic E-state index is 12.0. The van der Waals surface area contributed by atoms with Crippen LogP contribution in [0.5, 0.6) is 0 Å². The summed E-state index contributed by atoms with van der Waals surface area (Å²) in [5.74, 6) is -3.33. The first-order chi connectivity index (χ1) is 11.3. The number of carboxylic acids is 1. The average molecular weight is 346 g/mol. The van der Waals surface area contributed by atoms with Crippen LogP contribution in [0.15, 0.2) is 0 Å². The number of aliphatic carboxylic acids is 1. The molecule has 1 aliphatic heterocycles. The average Bonchev–Trinajstić information content (AvgIpc) is 3.06. The van der Waals surface area contributed by atoms with Crippen LogP contribution in [0.1, 0.15) is 12.8 Å². The van der Waals surface area contributed by atoms with Gasteiger partial charge < -0.3 is 36.6 Å². The van der Waals surface area contributed by atoms with Crippen LogP contribution in [0.3, 0.4) is 0 Å². The molecule has 3 unspecified atom stereocenters. The van der Waals surface area contributed by atoms with Crippen LogP contribution < -0.4 is 16.4 Å². The fraction of sp³-hybridized carbons (Fsp3) is 0.692. The zero-order chi connectivity index (χ0) is 18.3. The fourth-order valence-corrected chi connectivity index (χ4v) is 2.27. The van der Waals surface area contributed by atoms with E-state index in [0.717, 1.165) is 4.90 Å². The Morgan fingerprint density at radius 2 is 1.83 bits per heavy atom. The number of aliphatic hydroxyl groups is 2. The Bertz CT molecular complexity index is 499. The molecule has 24 heavy (non-hydrogen) atoms. The Kier molecular flexibility index (Phi) is 7.55. The number of carbonyl (C=O) groups excluding carboxylic acids is 3. The number of aliphatic hydroxyl groups excluding tert-OH is 2. The van der Waals surface area contributed by atoms with Gasteiger partial charge in [0.25, 0.3) is 0 Å². The van der Waals surface area contributed by atoms with Crippen molar-refractivity contribution in [2.45, 2.75) is 31.0 Å². The van der Waals surface area contributed by atoms with Crippen LogP contribution in [0.4, 0.5) is 0 Å². The van der Waals surface area contributed by atoms with E-state index >= 15 is 0 Å². The quantitative estimate of drug-likeness (QED) is 0.257. The highest BCUT2D eigenvalue weighted by Gasteiger charge is 2.34. The molecule has 3 amide bonds. The van der Waals surface area contributed by atoms with Gasteiger partial charge in [0.2, 0.25) is 17.7 Å². The van der Waals surface area contributed by atoms with Gasteiger partial charge in [-0.25, -0.2) is 4.79 Å². The SMILES string of the molecule is NC(CO)C(=O)NC(CO)C(=O)NCC(=O)N1CCCC1C(=O)O. The summed E-state index contributed by atoms with van der Waals surface area (Å²) >= 11 is 0. The zero-order valence-electron chi connectivity index (χ0n) is 13.0. The fourth-order valence-electron chi connectivity index (χ4n) is 2.27. The van der Waals surface area contributed by atoms with E-state index < -0.39 is 61.6 Å². The predicted molar refractivity (Wildman–Crippen MR) is 79.5 cm³/mol. The molecule has 11 heteroatoms. The second kappa shape index (κ2) is 9.15. The van der Waals surface area contributed by atoms with Gasteiger partial charge in [0.05, 0.1) is 19.8 Å². The molecule has 3 atom stereocenters. The molecule has 1 heterocycles.